The Morgan fingerprint density at radius 3 is 0.700 bits per heavy atom. The summed E-state index contributed by atoms with van der Waals surface area (Å²) in [5.74, 6) is 0. The quantitative estimate of drug-likeness (QED) is 0.580. The van der Waals surface area contributed by atoms with E-state index in [0.29, 0.717) is 0 Å². The molecule has 0 aromatic rings. The van der Waals surface area contributed by atoms with E-state index < -0.39 is 14.2 Å². The number of aliphatic hydroxyl groups is 3. The molecule has 0 saturated carbocycles. The third-order valence-corrected chi connectivity index (χ3v) is 0. The van der Waals surface area contributed by atoms with Crippen LogP contribution in [0, 0.1) is 0 Å². The van der Waals surface area contributed by atoms with Crippen molar-refractivity contribution in [3.05, 3.63) is 0 Å². The summed E-state index contributed by atoms with van der Waals surface area (Å²) in [6, 6.07) is 0. The van der Waals surface area contributed by atoms with E-state index >= 15 is 0 Å². The van der Waals surface area contributed by atoms with Crippen LogP contribution in [0.15, 0.2) is 0 Å². The van der Waals surface area contributed by atoms with E-state index in [1.54, 1.807) is 0 Å². The first-order chi connectivity index (χ1) is 4.73. The third-order valence-electron chi connectivity index (χ3n) is 0. The van der Waals surface area contributed by atoms with E-state index in [4.69, 9.17) is 43.6 Å². The molecule has 3 N–H and O–H groups in total. The molecular weight excluding hydrogens is 374 g/mol. The molecule has 0 unspecified atom stereocenters. The molecule has 0 aromatic heterocycles. The SMILES string of the molecule is CO.CO.CO.[Cl][W]([Cl])[Cl]. The van der Waals surface area contributed by atoms with Crippen LogP contribution in [-0.4, -0.2) is 36.6 Å². The van der Waals surface area contributed by atoms with Crippen LogP contribution in [0.5, 0.6) is 0 Å². The second-order valence-electron chi connectivity index (χ2n) is 0.175. The minimum absolute atomic E-state index is 1.00. The van der Waals surface area contributed by atoms with E-state index in [-0.39, 0.29) is 0 Å². The van der Waals surface area contributed by atoms with Gasteiger partial charge in [-0.15, -0.1) is 0 Å². The first kappa shape index (κ1) is 22.5. The zero-order chi connectivity index (χ0) is 9.58. The van der Waals surface area contributed by atoms with Gasteiger partial charge in [-0.2, -0.15) is 0 Å². The van der Waals surface area contributed by atoms with Crippen molar-refractivity contribution >= 4 is 28.3 Å². The number of halogens is 3. The van der Waals surface area contributed by atoms with E-state index in [1.165, 1.54) is 0 Å². The molecule has 0 fully saturated rings. The van der Waals surface area contributed by atoms with Crippen LogP contribution < -0.4 is 0 Å². The van der Waals surface area contributed by atoms with Gasteiger partial charge < -0.3 is 15.3 Å². The van der Waals surface area contributed by atoms with Gasteiger partial charge in [0, 0.05) is 21.3 Å². The molecule has 0 radical (unpaired) electrons. The van der Waals surface area contributed by atoms with E-state index in [9.17, 15) is 0 Å². The minimum atomic E-state index is -2.11. The van der Waals surface area contributed by atoms with Gasteiger partial charge in [-0.05, 0) is 0 Å². The van der Waals surface area contributed by atoms with Gasteiger partial charge in [-0.3, -0.25) is 0 Å². The van der Waals surface area contributed by atoms with Crippen LogP contribution in [0.3, 0.4) is 0 Å². The number of hydrogen-bond acceptors (Lipinski definition) is 3. The summed E-state index contributed by atoms with van der Waals surface area (Å²) in [7, 11) is 18.0. The summed E-state index contributed by atoms with van der Waals surface area (Å²) in [4.78, 5) is 0. The number of aliphatic hydroxyl groups excluding tert-OH is 3. The molecule has 0 saturated heterocycles. The van der Waals surface area contributed by atoms with Gasteiger partial charge in [0.2, 0.25) is 0 Å². The standard InChI is InChI=1S/3CH4O.3ClH.W/c3*1-2;;;;/h3*2H,1H3;3*1H;/q;;;;;;+3/p-3. The normalized spacial score (nSPS) is 5.40. The van der Waals surface area contributed by atoms with E-state index in [0.717, 1.165) is 21.3 Å². The van der Waals surface area contributed by atoms with Crippen molar-refractivity contribution in [2.45, 2.75) is 0 Å². The third kappa shape index (κ3) is 325. The number of hydrogen-bond donors (Lipinski definition) is 3. The zero-order valence-electron chi connectivity index (χ0n) is 5.88. The Balaban J connectivity index is -0.0000000262. The Labute approximate surface area is 78.9 Å². The van der Waals surface area contributed by atoms with Crippen molar-refractivity contribution in [2.75, 3.05) is 21.3 Å². The van der Waals surface area contributed by atoms with Gasteiger partial charge in [0.15, 0.2) is 0 Å². The molecule has 10 heavy (non-hydrogen) atoms. The summed E-state index contributed by atoms with van der Waals surface area (Å²) >= 11 is -2.11. The predicted octanol–water partition coefficient (Wildman–Crippen LogP) is 0.891. The molecule has 0 aromatic carbocycles. The Bertz CT molecular complexity index is 23.7. The molecule has 0 aliphatic heterocycles. The maximum atomic E-state index is 7.00. The van der Waals surface area contributed by atoms with Gasteiger partial charge in [-0.25, -0.2) is 0 Å². The van der Waals surface area contributed by atoms with Crippen molar-refractivity contribution in [2.24, 2.45) is 0 Å². The molecule has 0 amide bonds. The molecule has 0 spiro atoms. The van der Waals surface area contributed by atoms with Gasteiger partial charge in [0.25, 0.3) is 0 Å². The van der Waals surface area contributed by atoms with Crippen LogP contribution >= 0.6 is 28.3 Å². The molecular formula is C3H12Cl3O3W. The molecule has 0 bridgehead atoms. The summed E-state index contributed by atoms with van der Waals surface area (Å²) in [5, 5.41) is 21.0. The zero-order valence-corrected chi connectivity index (χ0v) is 11.1. The Morgan fingerprint density at radius 1 is 0.700 bits per heavy atom. The second-order valence-corrected chi connectivity index (χ2v) is 12.9. The summed E-state index contributed by atoms with van der Waals surface area (Å²) in [6.45, 7) is 0. The summed E-state index contributed by atoms with van der Waals surface area (Å²) in [6.07, 6.45) is 0. The second kappa shape index (κ2) is 47.2. The molecule has 69 valence electrons. The molecule has 0 rings (SSSR count). The van der Waals surface area contributed by atoms with Crippen LogP contribution in [-0.2, 0) is 14.2 Å². The van der Waals surface area contributed by atoms with Gasteiger partial charge in [0.1, 0.15) is 0 Å². The average molecular weight is 386 g/mol. The van der Waals surface area contributed by atoms with Gasteiger partial charge in [0.05, 0.1) is 0 Å². The van der Waals surface area contributed by atoms with Crippen LogP contribution in [0.4, 0.5) is 0 Å². The number of rotatable bonds is 0. The molecule has 7 heteroatoms. The van der Waals surface area contributed by atoms with Crippen LogP contribution in [0.1, 0.15) is 0 Å². The predicted molar refractivity (Wildman–Crippen MR) is 42.0 cm³/mol. The van der Waals surface area contributed by atoms with Crippen molar-refractivity contribution < 1.29 is 29.5 Å². The summed E-state index contributed by atoms with van der Waals surface area (Å²) in [5.41, 5.74) is 0. The van der Waals surface area contributed by atoms with Crippen LogP contribution in [0.2, 0.25) is 0 Å². The topological polar surface area (TPSA) is 60.7 Å². The van der Waals surface area contributed by atoms with Crippen molar-refractivity contribution in [3.63, 3.8) is 0 Å². The Morgan fingerprint density at radius 2 is 0.700 bits per heavy atom. The Kier molecular flexibility index (Phi) is 106. The van der Waals surface area contributed by atoms with Gasteiger partial charge >= 0.3 is 42.4 Å². The first-order valence-corrected chi connectivity index (χ1v) is 12.7. The molecule has 0 atom stereocenters. The van der Waals surface area contributed by atoms with Crippen molar-refractivity contribution in [1.29, 1.82) is 0 Å². The fraction of sp³-hybridized carbons (Fsp3) is 1.00. The summed E-state index contributed by atoms with van der Waals surface area (Å²) < 4.78 is 0. The van der Waals surface area contributed by atoms with E-state index in [1.807, 2.05) is 0 Å². The monoisotopic (exact) mass is 385 g/mol. The van der Waals surface area contributed by atoms with E-state index in [2.05, 4.69) is 0 Å². The molecule has 0 aliphatic carbocycles. The average Bonchev–Trinajstić information content (AvgIpc) is 1.98. The first-order valence-electron chi connectivity index (χ1n) is 1.80. The molecule has 3 nitrogen and oxygen atoms in total. The van der Waals surface area contributed by atoms with Crippen molar-refractivity contribution in [3.8, 4) is 0 Å². The van der Waals surface area contributed by atoms with Crippen LogP contribution in [0.25, 0.3) is 0 Å². The van der Waals surface area contributed by atoms with Crippen molar-refractivity contribution in [1.82, 2.24) is 0 Å². The fourth-order valence-corrected chi connectivity index (χ4v) is 0. The molecule has 0 aliphatic rings. The molecule has 0 heterocycles. The maximum absolute atomic E-state index is 7.00. The fourth-order valence-electron chi connectivity index (χ4n) is 0. The van der Waals surface area contributed by atoms with Gasteiger partial charge in [-0.1, -0.05) is 0 Å². The Hall–Kier alpha value is 1.44.